The highest BCUT2D eigenvalue weighted by atomic mass is 16.5. The van der Waals surface area contributed by atoms with Crippen LogP contribution in [0.1, 0.15) is 45.7 Å². The predicted octanol–water partition coefficient (Wildman–Crippen LogP) is 3.01. The number of hydrogen-bond donors (Lipinski definition) is 2. The quantitative estimate of drug-likeness (QED) is 0.504. The Labute approximate surface area is 153 Å². The molecule has 0 spiro atoms. The molecule has 1 aromatic carbocycles. The van der Waals surface area contributed by atoms with E-state index in [0.29, 0.717) is 13.1 Å². The topological polar surface area (TPSA) is 48.9 Å². The van der Waals surface area contributed by atoms with Gasteiger partial charge < -0.3 is 15.4 Å². The summed E-state index contributed by atoms with van der Waals surface area (Å²) in [4.78, 5) is 7.09. The smallest absolute Gasteiger partial charge is 0.191 e. The highest BCUT2D eigenvalue weighted by Gasteiger charge is 2.16. The molecule has 2 N–H and O–H groups in total. The van der Waals surface area contributed by atoms with Gasteiger partial charge in [0.05, 0.1) is 12.1 Å². The van der Waals surface area contributed by atoms with E-state index in [9.17, 15) is 0 Å². The maximum atomic E-state index is 5.44. The van der Waals surface area contributed by atoms with Gasteiger partial charge in [0.25, 0.3) is 0 Å². The molecule has 0 saturated carbocycles. The zero-order valence-corrected chi connectivity index (χ0v) is 16.9. The molecule has 0 atom stereocenters. The number of aliphatic imine (C=N–C) groups is 1. The number of ether oxygens (including phenoxy) is 1. The van der Waals surface area contributed by atoms with Gasteiger partial charge in [-0.2, -0.15) is 0 Å². The van der Waals surface area contributed by atoms with Crippen molar-refractivity contribution in [3.63, 3.8) is 0 Å². The predicted molar refractivity (Wildman–Crippen MR) is 107 cm³/mol. The number of methoxy groups -OCH3 is 1. The number of nitrogens with zero attached hydrogens (tertiary/aromatic N) is 2. The fourth-order valence-electron chi connectivity index (χ4n) is 2.34. The second-order valence-corrected chi connectivity index (χ2v) is 6.79. The van der Waals surface area contributed by atoms with Crippen LogP contribution in [0, 0.1) is 0 Å². The van der Waals surface area contributed by atoms with Crippen molar-refractivity contribution in [3.8, 4) is 0 Å². The molecule has 0 aromatic heterocycles. The van der Waals surface area contributed by atoms with E-state index in [-0.39, 0.29) is 5.60 Å². The maximum Gasteiger partial charge on any atom is 0.191 e. The van der Waals surface area contributed by atoms with Gasteiger partial charge in [-0.05, 0) is 45.0 Å². The lowest BCUT2D eigenvalue weighted by atomic mass is 10.1. The summed E-state index contributed by atoms with van der Waals surface area (Å²) in [5.74, 6) is 0.819. The van der Waals surface area contributed by atoms with E-state index < -0.39 is 0 Å². The molecule has 0 unspecified atom stereocenters. The summed E-state index contributed by atoms with van der Waals surface area (Å²) in [6.45, 7) is 16.0. The first-order valence-electron chi connectivity index (χ1n) is 9.31. The van der Waals surface area contributed by atoms with Crippen molar-refractivity contribution in [3.05, 3.63) is 35.4 Å². The molecule has 0 fully saturated rings. The first-order chi connectivity index (χ1) is 11.9. The van der Waals surface area contributed by atoms with Gasteiger partial charge in [-0.15, -0.1) is 0 Å². The third-order valence-electron chi connectivity index (χ3n) is 4.32. The third-order valence-corrected chi connectivity index (χ3v) is 4.32. The molecule has 0 aliphatic rings. The zero-order chi connectivity index (χ0) is 18.7. The highest BCUT2D eigenvalue weighted by Crippen LogP contribution is 2.09. The number of guanidine groups is 1. The third kappa shape index (κ3) is 8.36. The van der Waals surface area contributed by atoms with Crippen LogP contribution in [0.3, 0.4) is 0 Å². The summed E-state index contributed by atoms with van der Waals surface area (Å²) in [5.41, 5.74) is 2.34. The minimum absolute atomic E-state index is 0.220. The van der Waals surface area contributed by atoms with Gasteiger partial charge >= 0.3 is 0 Å². The van der Waals surface area contributed by atoms with Crippen molar-refractivity contribution in [1.29, 1.82) is 0 Å². The fraction of sp³-hybridized carbons (Fsp3) is 0.650. The summed E-state index contributed by atoms with van der Waals surface area (Å²) in [5, 5.41) is 6.62. The van der Waals surface area contributed by atoms with Gasteiger partial charge in [0.2, 0.25) is 0 Å². The van der Waals surface area contributed by atoms with Gasteiger partial charge in [-0.3, -0.25) is 4.90 Å². The van der Waals surface area contributed by atoms with Crippen molar-refractivity contribution in [1.82, 2.24) is 15.5 Å². The normalized spacial score (nSPS) is 12.5. The largest absolute Gasteiger partial charge is 0.377 e. The molecule has 5 nitrogen and oxygen atoms in total. The van der Waals surface area contributed by atoms with Gasteiger partial charge in [-0.25, -0.2) is 4.99 Å². The fourth-order valence-corrected chi connectivity index (χ4v) is 2.34. The highest BCUT2D eigenvalue weighted by molar-refractivity contribution is 5.79. The summed E-state index contributed by atoms with van der Waals surface area (Å²) in [6.07, 6.45) is 0. The Morgan fingerprint density at radius 3 is 2.16 bits per heavy atom. The molecule has 0 saturated heterocycles. The van der Waals surface area contributed by atoms with Crippen LogP contribution in [0.4, 0.5) is 0 Å². The molecule has 0 amide bonds. The molecule has 5 heteroatoms. The monoisotopic (exact) mass is 348 g/mol. The number of rotatable bonds is 10. The van der Waals surface area contributed by atoms with Crippen molar-refractivity contribution < 1.29 is 4.74 Å². The minimum atomic E-state index is -0.220. The van der Waals surface area contributed by atoms with E-state index >= 15 is 0 Å². The van der Waals surface area contributed by atoms with Crippen LogP contribution in [-0.4, -0.2) is 49.7 Å². The number of nitrogens with one attached hydrogen (secondary N) is 2. The molecular weight excluding hydrogens is 312 g/mol. The lowest BCUT2D eigenvalue weighted by Crippen LogP contribution is -2.45. The van der Waals surface area contributed by atoms with Crippen LogP contribution in [0.2, 0.25) is 0 Å². The van der Waals surface area contributed by atoms with Crippen LogP contribution in [-0.2, 0) is 17.8 Å². The van der Waals surface area contributed by atoms with Crippen LogP contribution in [0.15, 0.2) is 29.3 Å². The molecule has 142 valence electrons. The lowest BCUT2D eigenvalue weighted by molar-refractivity contribution is 0.0268. The molecule has 25 heavy (non-hydrogen) atoms. The summed E-state index contributed by atoms with van der Waals surface area (Å²) < 4.78 is 5.44. The summed E-state index contributed by atoms with van der Waals surface area (Å²) in [6, 6.07) is 8.76. The molecule has 1 rings (SSSR count). The molecule has 1 aromatic rings. The molecule has 0 aliphatic carbocycles. The van der Waals surface area contributed by atoms with Crippen molar-refractivity contribution >= 4 is 5.96 Å². The van der Waals surface area contributed by atoms with Crippen LogP contribution in [0.25, 0.3) is 0 Å². The van der Waals surface area contributed by atoms with Crippen molar-refractivity contribution in [2.45, 2.75) is 53.3 Å². The number of hydrogen-bond acceptors (Lipinski definition) is 3. The lowest BCUT2D eigenvalue weighted by Gasteiger charge is -2.24. The van der Waals surface area contributed by atoms with Crippen LogP contribution >= 0.6 is 0 Å². The Morgan fingerprint density at radius 2 is 1.64 bits per heavy atom. The first-order valence-corrected chi connectivity index (χ1v) is 9.31. The van der Waals surface area contributed by atoms with Crippen LogP contribution in [0.5, 0.6) is 0 Å². The molecular formula is C20H36N4O. The molecule has 0 bridgehead atoms. The molecule has 0 radical (unpaired) electrons. The Kier molecular flexibility index (Phi) is 9.53. The molecule has 0 heterocycles. The van der Waals surface area contributed by atoms with Gasteiger partial charge in [0.15, 0.2) is 5.96 Å². The minimum Gasteiger partial charge on any atom is -0.377 e. The Hall–Kier alpha value is -1.59. The Bertz CT molecular complexity index is 507. The van der Waals surface area contributed by atoms with Crippen molar-refractivity contribution in [2.75, 3.05) is 33.3 Å². The average molecular weight is 349 g/mol. The van der Waals surface area contributed by atoms with E-state index in [4.69, 9.17) is 4.74 Å². The van der Waals surface area contributed by atoms with E-state index in [1.807, 2.05) is 0 Å². The van der Waals surface area contributed by atoms with Gasteiger partial charge in [-0.1, -0.05) is 38.1 Å². The number of benzene rings is 1. The average Bonchev–Trinajstić information content (AvgIpc) is 2.63. The van der Waals surface area contributed by atoms with Gasteiger partial charge in [0.1, 0.15) is 0 Å². The summed E-state index contributed by atoms with van der Waals surface area (Å²) >= 11 is 0. The second kappa shape index (κ2) is 11.1. The second-order valence-electron chi connectivity index (χ2n) is 6.79. The van der Waals surface area contributed by atoms with E-state index in [1.165, 1.54) is 11.1 Å². The standard InChI is InChI=1S/C20H36N4O/c1-7-21-19(23-16-20(4,5)25-6)22-14-17-10-12-18(13-11-17)15-24(8-2)9-3/h10-13H,7-9,14-16H2,1-6H3,(H2,21,22,23). The summed E-state index contributed by atoms with van der Waals surface area (Å²) in [7, 11) is 1.73. The Morgan fingerprint density at radius 1 is 1.04 bits per heavy atom. The molecule has 0 aliphatic heterocycles. The first kappa shape index (κ1) is 21.5. The van der Waals surface area contributed by atoms with E-state index in [2.05, 4.69) is 79.4 Å². The van der Waals surface area contributed by atoms with Gasteiger partial charge in [0, 0.05) is 26.7 Å². The zero-order valence-electron chi connectivity index (χ0n) is 16.9. The Balaban J connectivity index is 2.63. The SMILES string of the molecule is CCNC(=NCc1ccc(CN(CC)CC)cc1)NCC(C)(C)OC. The maximum absolute atomic E-state index is 5.44. The van der Waals surface area contributed by atoms with Crippen molar-refractivity contribution in [2.24, 2.45) is 4.99 Å². The van der Waals surface area contributed by atoms with E-state index in [1.54, 1.807) is 7.11 Å². The van der Waals surface area contributed by atoms with E-state index in [0.717, 1.165) is 32.1 Å². The van der Waals surface area contributed by atoms with Crippen LogP contribution < -0.4 is 10.6 Å².